The largest absolute Gasteiger partial charge is 0.493 e. The number of ether oxygens (including phenoxy) is 1. The van der Waals surface area contributed by atoms with Crippen molar-refractivity contribution in [2.24, 2.45) is 5.73 Å². The predicted molar refractivity (Wildman–Crippen MR) is 80.1 cm³/mol. The average molecular weight is 307 g/mol. The molecule has 1 amide bonds. The number of rotatable bonds is 6. The Labute approximate surface area is 125 Å². The highest BCUT2D eigenvalue weighted by atomic mass is 35.5. The van der Waals surface area contributed by atoms with E-state index in [2.05, 4.69) is 0 Å². The lowest BCUT2D eigenvalue weighted by Gasteiger charge is -2.19. The van der Waals surface area contributed by atoms with Crippen molar-refractivity contribution >= 4 is 29.9 Å². The highest BCUT2D eigenvalue weighted by Gasteiger charge is 2.12. The van der Waals surface area contributed by atoms with E-state index in [1.807, 2.05) is 12.1 Å². The SMILES string of the molecule is C[C@H](N)C(=O)N(C)CCCOc1cccc(Cl)c1.Cl. The van der Waals surface area contributed by atoms with Crippen LogP contribution in [0.4, 0.5) is 0 Å². The molecule has 108 valence electrons. The molecular weight excluding hydrogens is 287 g/mol. The van der Waals surface area contributed by atoms with Gasteiger partial charge in [-0.3, -0.25) is 4.79 Å². The van der Waals surface area contributed by atoms with Crippen molar-refractivity contribution in [3.63, 3.8) is 0 Å². The van der Waals surface area contributed by atoms with Crippen LogP contribution in [0.3, 0.4) is 0 Å². The van der Waals surface area contributed by atoms with Crippen LogP contribution in [0.5, 0.6) is 5.75 Å². The number of benzene rings is 1. The number of halogens is 2. The van der Waals surface area contributed by atoms with Crippen LogP contribution in [0.15, 0.2) is 24.3 Å². The number of carbonyl (C=O) groups excluding carboxylic acids is 1. The number of hydrogen-bond donors (Lipinski definition) is 1. The van der Waals surface area contributed by atoms with Crippen molar-refractivity contribution in [2.75, 3.05) is 20.2 Å². The number of amides is 1. The number of carbonyl (C=O) groups is 1. The van der Waals surface area contributed by atoms with Gasteiger partial charge in [0.15, 0.2) is 0 Å². The second kappa shape index (κ2) is 9.02. The van der Waals surface area contributed by atoms with Crippen LogP contribution >= 0.6 is 24.0 Å². The van der Waals surface area contributed by atoms with Gasteiger partial charge in [-0.2, -0.15) is 0 Å². The van der Waals surface area contributed by atoms with E-state index >= 15 is 0 Å². The second-order valence-corrected chi connectivity index (χ2v) is 4.64. The zero-order chi connectivity index (χ0) is 13.5. The fourth-order valence-electron chi connectivity index (χ4n) is 1.51. The van der Waals surface area contributed by atoms with Crippen molar-refractivity contribution in [1.29, 1.82) is 0 Å². The van der Waals surface area contributed by atoms with E-state index in [0.29, 0.717) is 18.2 Å². The maximum Gasteiger partial charge on any atom is 0.238 e. The van der Waals surface area contributed by atoms with Crippen molar-refractivity contribution in [1.82, 2.24) is 4.90 Å². The molecule has 0 spiro atoms. The Kier molecular flexibility index (Phi) is 8.56. The minimum atomic E-state index is -0.455. The van der Waals surface area contributed by atoms with Crippen LogP contribution in [-0.2, 0) is 4.79 Å². The lowest BCUT2D eigenvalue weighted by Crippen LogP contribution is -2.40. The Balaban J connectivity index is 0.00000324. The summed E-state index contributed by atoms with van der Waals surface area (Å²) in [6.45, 7) is 2.85. The molecule has 0 heterocycles. The third-order valence-corrected chi connectivity index (χ3v) is 2.70. The van der Waals surface area contributed by atoms with Crippen molar-refractivity contribution < 1.29 is 9.53 Å². The summed E-state index contributed by atoms with van der Waals surface area (Å²) in [7, 11) is 1.74. The second-order valence-electron chi connectivity index (χ2n) is 4.21. The molecule has 0 saturated heterocycles. The fourth-order valence-corrected chi connectivity index (χ4v) is 1.69. The van der Waals surface area contributed by atoms with Gasteiger partial charge in [0, 0.05) is 18.6 Å². The maximum atomic E-state index is 11.5. The molecule has 0 aromatic heterocycles. The van der Waals surface area contributed by atoms with Gasteiger partial charge in [0.05, 0.1) is 12.6 Å². The lowest BCUT2D eigenvalue weighted by molar-refractivity contribution is -0.130. The summed E-state index contributed by atoms with van der Waals surface area (Å²) in [5.41, 5.74) is 5.51. The summed E-state index contributed by atoms with van der Waals surface area (Å²) >= 11 is 5.84. The number of nitrogens with two attached hydrogens (primary N) is 1. The van der Waals surface area contributed by atoms with Gasteiger partial charge in [-0.1, -0.05) is 17.7 Å². The first-order valence-electron chi connectivity index (χ1n) is 5.89. The Morgan fingerprint density at radius 3 is 2.79 bits per heavy atom. The van der Waals surface area contributed by atoms with E-state index in [1.54, 1.807) is 31.0 Å². The molecule has 0 radical (unpaired) electrons. The molecule has 0 aliphatic carbocycles. The molecule has 0 aliphatic rings. The van der Waals surface area contributed by atoms with Crippen LogP contribution in [0.1, 0.15) is 13.3 Å². The van der Waals surface area contributed by atoms with Crippen LogP contribution < -0.4 is 10.5 Å². The third-order valence-electron chi connectivity index (χ3n) is 2.47. The van der Waals surface area contributed by atoms with E-state index in [0.717, 1.165) is 12.2 Å². The Morgan fingerprint density at radius 1 is 1.53 bits per heavy atom. The molecule has 1 rings (SSSR count). The van der Waals surface area contributed by atoms with Crippen LogP contribution in [0, 0.1) is 0 Å². The first-order valence-corrected chi connectivity index (χ1v) is 6.27. The Bertz CT molecular complexity index is 400. The van der Waals surface area contributed by atoms with Gasteiger partial charge in [0.2, 0.25) is 5.91 Å². The third kappa shape index (κ3) is 6.66. The smallest absolute Gasteiger partial charge is 0.238 e. The highest BCUT2D eigenvalue weighted by Crippen LogP contribution is 2.17. The standard InChI is InChI=1S/C13H19ClN2O2.ClH/c1-10(15)13(17)16(2)7-4-8-18-12-6-3-5-11(14)9-12;/h3,5-6,9-10H,4,7-8,15H2,1-2H3;1H/t10-;/m0./s1. The van der Waals surface area contributed by atoms with Crippen LogP contribution in [0.25, 0.3) is 0 Å². The molecule has 0 aliphatic heterocycles. The quantitative estimate of drug-likeness (QED) is 0.821. The van der Waals surface area contributed by atoms with Gasteiger partial charge in [-0.25, -0.2) is 0 Å². The fraction of sp³-hybridized carbons (Fsp3) is 0.462. The summed E-state index contributed by atoms with van der Waals surface area (Å²) in [6.07, 6.45) is 0.751. The summed E-state index contributed by atoms with van der Waals surface area (Å²) in [5.74, 6) is 0.682. The van der Waals surface area contributed by atoms with Crippen molar-refractivity contribution in [3.05, 3.63) is 29.3 Å². The number of likely N-dealkylation sites (N-methyl/N-ethyl adjacent to an activating group) is 1. The van der Waals surface area contributed by atoms with Gasteiger partial charge in [0.1, 0.15) is 5.75 Å². The van der Waals surface area contributed by atoms with Gasteiger partial charge >= 0.3 is 0 Å². The number of hydrogen-bond acceptors (Lipinski definition) is 3. The van der Waals surface area contributed by atoms with Gasteiger partial charge in [0.25, 0.3) is 0 Å². The molecule has 0 saturated carbocycles. The summed E-state index contributed by atoms with van der Waals surface area (Å²) < 4.78 is 5.52. The molecule has 4 nitrogen and oxygen atoms in total. The van der Waals surface area contributed by atoms with Crippen LogP contribution in [0.2, 0.25) is 5.02 Å². The Morgan fingerprint density at radius 2 is 2.21 bits per heavy atom. The van der Waals surface area contributed by atoms with E-state index in [4.69, 9.17) is 22.1 Å². The summed E-state index contributed by atoms with van der Waals surface area (Å²) in [4.78, 5) is 13.1. The highest BCUT2D eigenvalue weighted by molar-refractivity contribution is 6.30. The zero-order valence-electron chi connectivity index (χ0n) is 11.1. The molecule has 1 aromatic rings. The maximum absolute atomic E-state index is 11.5. The van der Waals surface area contributed by atoms with Crippen molar-refractivity contribution in [3.8, 4) is 5.75 Å². The van der Waals surface area contributed by atoms with Gasteiger partial charge in [-0.05, 0) is 31.5 Å². The number of nitrogens with zero attached hydrogens (tertiary/aromatic N) is 1. The molecule has 1 atom stereocenters. The average Bonchev–Trinajstić information content (AvgIpc) is 2.33. The van der Waals surface area contributed by atoms with E-state index < -0.39 is 6.04 Å². The van der Waals surface area contributed by atoms with Gasteiger partial charge < -0.3 is 15.4 Å². The van der Waals surface area contributed by atoms with E-state index in [-0.39, 0.29) is 18.3 Å². The minimum Gasteiger partial charge on any atom is -0.493 e. The minimum absolute atomic E-state index is 0. The lowest BCUT2D eigenvalue weighted by atomic mass is 10.3. The molecule has 1 aromatic carbocycles. The molecule has 6 heteroatoms. The van der Waals surface area contributed by atoms with Crippen LogP contribution in [-0.4, -0.2) is 37.0 Å². The normalized spacial score (nSPS) is 11.4. The topological polar surface area (TPSA) is 55.6 Å². The summed E-state index contributed by atoms with van der Waals surface area (Å²) in [5, 5.41) is 0.650. The predicted octanol–water partition coefficient (Wildman–Crippen LogP) is 2.34. The first-order chi connectivity index (χ1) is 8.50. The van der Waals surface area contributed by atoms with Gasteiger partial charge in [-0.15, -0.1) is 12.4 Å². The van der Waals surface area contributed by atoms with E-state index in [1.165, 1.54) is 0 Å². The summed E-state index contributed by atoms with van der Waals surface area (Å²) in [6, 6.07) is 6.79. The molecule has 2 N–H and O–H groups in total. The Hall–Kier alpha value is -0.970. The molecule has 0 unspecified atom stereocenters. The molecular formula is C13H20Cl2N2O2. The van der Waals surface area contributed by atoms with Crippen molar-refractivity contribution in [2.45, 2.75) is 19.4 Å². The molecule has 0 bridgehead atoms. The monoisotopic (exact) mass is 306 g/mol. The first kappa shape index (κ1) is 18.0. The zero-order valence-corrected chi connectivity index (χ0v) is 12.7. The molecule has 0 fully saturated rings. The van der Waals surface area contributed by atoms with E-state index in [9.17, 15) is 4.79 Å². The molecule has 19 heavy (non-hydrogen) atoms.